The van der Waals surface area contributed by atoms with Gasteiger partial charge in [-0.05, 0) is 29.8 Å². The Morgan fingerprint density at radius 2 is 1.77 bits per heavy atom. The number of hydrogen-bond acceptors (Lipinski definition) is 6. The zero-order valence-corrected chi connectivity index (χ0v) is 19.5. The van der Waals surface area contributed by atoms with Crippen molar-refractivity contribution in [2.45, 2.75) is 26.1 Å². The Kier molecular flexibility index (Phi) is 6.64. The first kappa shape index (κ1) is 24.4. The number of rotatable bonds is 8. The summed E-state index contributed by atoms with van der Waals surface area (Å²) in [6, 6.07) is 12.4. The van der Waals surface area contributed by atoms with Crippen LogP contribution in [0.5, 0.6) is 17.5 Å². The van der Waals surface area contributed by atoms with Crippen LogP contribution >= 0.6 is 11.6 Å². The van der Waals surface area contributed by atoms with Gasteiger partial charge < -0.3 is 14.6 Å². The molecule has 0 amide bonds. The third kappa shape index (κ3) is 5.20. The zero-order valence-electron chi connectivity index (χ0n) is 18.7. The van der Waals surface area contributed by atoms with Gasteiger partial charge in [0.2, 0.25) is 0 Å². The van der Waals surface area contributed by atoms with Gasteiger partial charge in [0.05, 0.1) is 19.7 Å². The van der Waals surface area contributed by atoms with Gasteiger partial charge in [0.1, 0.15) is 11.5 Å². The van der Waals surface area contributed by atoms with Crippen LogP contribution in [0.4, 0.5) is 8.78 Å². The summed E-state index contributed by atoms with van der Waals surface area (Å²) in [6.07, 6.45) is -3.39. The van der Waals surface area contributed by atoms with E-state index in [1.54, 1.807) is 24.3 Å². The minimum atomic E-state index is -3.39. The molecule has 4 aromatic rings. The lowest BCUT2D eigenvalue weighted by molar-refractivity contribution is -0.159. The van der Waals surface area contributed by atoms with Gasteiger partial charge in [-0.15, -0.1) is 0 Å². The second-order valence-electron chi connectivity index (χ2n) is 7.79. The molecular formula is C23H21ClF2N4O5. The van der Waals surface area contributed by atoms with Crippen LogP contribution < -0.4 is 20.7 Å². The Morgan fingerprint density at radius 1 is 1.09 bits per heavy atom. The molecule has 0 saturated carbocycles. The maximum atomic E-state index is 13.3. The lowest BCUT2D eigenvalue weighted by Gasteiger charge is -2.14. The van der Waals surface area contributed by atoms with E-state index in [4.69, 9.17) is 16.3 Å². The molecule has 0 saturated heterocycles. The van der Waals surface area contributed by atoms with Gasteiger partial charge in [0.15, 0.2) is 11.2 Å². The molecule has 0 unspecified atom stereocenters. The van der Waals surface area contributed by atoms with Gasteiger partial charge >= 0.3 is 17.8 Å². The van der Waals surface area contributed by atoms with E-state index in [2.05, 4.69) is 9.72 Å². The fraction of sp³-hybridized carbons (Fsp3) is 0.261. The molecule has 2 aromatic carbocycles. The SMILES string of the molecule is Cn1c(=O)n(CCO)c(=O)c2c1nc(Oc1cccc(OC(C)(F)F)c1)n2Cc1ccc(Cl)cc1. The minimum absolute atomic E-state index is 0.0517. The average molecular weight is 507 g/mol. The fourth-order valence-corrected chi connectivity index (χ4v) is 3.69. The van der Waals surface area contributed by atoms with Crippen LogP contribution in [0.15, 0.2) is 58.1 Å². The van der Waals surface area contributed by atoms with Crippen LogP contribution in [0.2, 0.25) is 5.02 Å². The van der Waals surface area contributed by atoms with Crippen LogP contribution in [0.25, 0.3) is 11.2 Å². The molecule has 2 aromatic heterocycles. The number of nitrogens with zero attached hydrogens (tertiary/aromatic N) is 4. The van der Waals surface area contributed by atoms with Crippen molar-refractivity contribution < 1.29 is 23.4 Å². The molecule has 0 fully saturated rings. The quantitative estimate of drug-likeness (QED) is 0.393. The van der Waals surface area contributed by atoms with Crippen LogP contribution in [-0.2, 0) is 20.1 Å². The van der Waals surface area contributed by atoms with Gasteiger partial charge in [-0.3, -0.25) is 18.5 Å². The highest BCUT2D eigenvalue weighted by Gasteiger charge is 2.24. The lowest BCUT2D eigenvalue weighted by atomic mass is 10.2. The first-order valence-electron chi connectivity index (χ1n) is 10.5. The fourth-order valence-electron chi connectivity index (χ4n) is 3.56. The summed E-state index contributed by atoms with van der Waals surface area (Å²) in [5.41, 5.74) is -0.428. The molecule has 0 aliphatic carbocycles. The number of aryl methyl sites for hydroxylation is 1. The summed E-state index contributed by atoms with van der Waals surface area (Å²) in [5, 5.41) is 9.86. The van der Waals surface area contributed by atoms with Crippen molar-refractivity contribution in [2.75, 3.05) is 6.61 Å². The summed E-state index contributed by atoms with van der Waals surface area (Å²) in [4.78, 5) is 30.3. The van der Waals surface area contributed by atoms with E-state index >= 15 is 0 Å². The van der Waals surface area contributed by atoms with Crippen molar-refractivity contribution in [3.05, 3.63) is 80.0 Å². The number of ether oxygens (including phenoxy) is 2. The topological polar surface area (TPSA) is 101 Å². The Labute approximate surface area is 202 Å². The van der Waals surface area contributed by atoms with Crippen molar-refractivity contribution in [3.63, 3.8) is 0 Å². The van der Waals surface area contributed by atoms with Gasteiger partial charge in [-0.25, -0.2) is 4.79 Å². The Morgan fingerprint density at radius 3 is 2.43 bits per heavy atom. The number of fused-ring (bicyclic) bond motifs is 1. The highest BCUT2D eigenvalue weighted by atomic mass is 35.5. The Hall–Kier alpha value is -3.70. The van der Waals surface area contributed by atoms with Crippen molar-refractivity contribution in [2.24, 2.45) is 7.05 Å². The summed E-state index contributed by atoms with van der Waals surface area (Å²) in [7, 11) is 1.44. The summed E-state index contributed by atoms with van der Waals surface area (Å²) in [6.45, 7) is 0.126. The molecule has 0 bridgehead atoms. The monoisotopic (exact) mass is 506 g/mol. The molecule has 9 nitrogen and oxygen atoms in total. The number of alkyl halides is 2. The molecule has 1 N–H and O–H groups in total. The van der Waals surface area contributed by atoms with Crippen molar-refractivity contribution in [3.8, 4) is 17.5 Å². The molecule has 0 spiro atoms. The predicted molar refractivity (Wildman–Crippen MR) is 125 cm³/mol. The predicted octanol–water partition coefficient (Wildman–Crippen LogP) is 3.37. The van der Waals surface area contributed by atoms with E-state index in [1.807, 2.05) is 0 Å². The van der Waals surface area contributed by atoms with Crippen LogP contribution in [0.3, 0.4) is 0 Å². The molecule has 0 aliphatic heterocycles. The van der Waals surface area contributed by atoms with Crippen LogP contribution in [-0.4, -0.2) is 36.5 Å². The summed E-state index contributed by atoms with van der Waals surface area (Å²) in [5.74, 6) is -0.00633. The number of hydrogen-bond donors (Lipinski definition) is 1. The lowest BCUT2D eigenvalue weighted by Crippen LogP contribution is -2.40. The molecule has 0 radical (unpaired) electrons. The van der Waals surface area contributed by atoms with Crippen molar-refractivity contribution >= 4 is 22.8 Å². The molecule has 184 valence electrons. The molecular weight excluding hydrogens is 486 g/mol. The Balaban J connectivity index is 1.88. The number of aliphatic hydroxyl groups is 1. The third-order valence-corrected chi connectivity index (χ3v) is 5.34. The van der Waals surface area contributed by atoms with E-state index in [0.29, 0.717) is 11.9 Å². The van der Waals surface area contributed by atoms with E-state index < -0.39 is 24.0 Å². The van der Waals surface area contributed by atoms with E-state index in [9.17, 15) is 23.5 Å². The van der Waals surface area contributed by atoms with Crippen molar-refractivity contribution in [1.29, 1.82) is 0 Å². The van der Waals surface area contributed by atoms with Gasteiger partial charge in [-0.2, -0.15) is 13.8 Å². The highest BCUT2D eigenvalue weighted by Crippen LogP contribution is 2.29. The minimum Gasteiger partial charge on any atom is -0.433 e. The summed E-state index contributed by atoms with van der Waals surface area (Å²) < 4.78 is 40.6. The molecule has 35 heavy (non-hydrogen) atoms. The van der Waals surface area contributed by atoms with Gasteiger partial charge in [-0.1, -0.05) is 29.8 Å². The second-order valence-corrected chi connectivity index (χ2v) is 8.22. The molecule has 12 heteroatoms. The number of halogens is 3. The smallest absolute Gasteiger partial charge is 0.394 e. The number of imidazole rings is 1. The van der Waals surface area contributed by atoms with Crippen molar-refractivity contribution in [1.82, 2.24) is 18.7 Å². The van der Waals surface area contributed by atoms with E-state index in [-0.39, 0.29) is 41.8 Å². The number of aliphatic hydroxyl groups excluding tert-OH is 1. The largest absolute Gasteiger partial charge is 0.433 e. The average Bonchev–Trinajstić information content (AvgIpc) is 3.14. The molecule has 2 heterocycles. The standard InChI is InChI=1S/C23H21ClF2N4O5/c1-23(25,26)35-17-5-3-4-16(12-17)34-21-27-19-18(20(32)29(10-11-31)22(33)28(19)2)30(21)13-14-6-8-15(24)9-7-14/h3-9,12,31H,10-11,13H2,1-2H3. The molecule has 0 aliphatic rings. The molecule has 4 rings (SSSR count). The van der Waals surface area contributed by atoms with Gasteiger partial charge in [0, 0.05) is 25.1 Å². The summed E-state index contributed by atoms with van der Waals surface area (Å²) >= 11 is 5.98. The third-order valence-electron chi connectivity index (χ3n) is 5.09. The van der Waals surface area contributed by atoms with E-state index in [0.717, 1.165) is 10.1 Å². The second kappa shape index (κ2) is 9.51. The first-order valence-corrected chi connectivity index (χ1v) is 10.9. The number of benzene rings is 2. The van der Waals surface area contributed by atoms with E-state index in [1.165, 1.54) is 40.4 Å². The van der Waals surface area contributed by atoms with Crippen LogP contribution in [0.1, 0.15) is 12.5 Å². The maximum Gasteiger partial charge on any atom is 0.394 e. The first-order chi connectivity index (χ1) is 16.6. The number of aromatic nitrogens is 4. The zero-order chi connectivity index (χ0) is 25.3. The van der Waals surface area contributed by atoms with Gasteiger partial charge in [0.25, 0.3) is 5.56 Å². The maximum absolute atomic E-state index is 13.3. The normalized spacial score (nSPS) is 11.7. The highest BCUT2D eigenvalue weighted by molar-refractivity contribution is 6.30. The van der Waals surface area contributed by atoms with Crippen LogP contribution in [0, 0.1) is 0 Å². The Bertz CT molecular complexity index is 1490. The molecule has 0 atom stereocenters.